The number of H-pyrrole nitrogens is 1. The second-order valence-electron chi connectivity index (χ2n) is 5.92. The highest BCUT2D eigenvalue weighted by Crippen LogP contribution is 2.24. The Morgan fingerprint density at radius 1 is 1.15 bits per heavy atom. The monoisotopic (exact) mass is 370 g/mol. The van der Waals surface area contributed by atoms with Crippen LogP contribution in [0.15, 0.2) is 42.5 Å². The van der Waals surface area contributed by atoms with Crippen LogP contribution in [0, 0.1) is 0 Å². The van der Waals surface area contributed by atoms with Crippen molar-refractivity contribution in [2.75, 3.05) is 6.61 Å². The summed E-state index contributed by atoms with van der Waals surface area (Å²) in [5.41, 5.74) is 2.77. The van der Waals surface area contributed by atoms with Crippen molar-refractivity contribution in [3.05, 3.63) is 64.4 Å². The van der Waals surface area contributed by atoms with Gasteiger partial charge in [0.15, 0.2) is 5.78 Å². The molecule has 0 bridgehead atoms. The average molecular weight is 371 g/mol. The predicted octanol–water partition coefficient (Wildman–Crippen LogP) is 4.14. The third-order valence-corrected chi connectivity index (χ3v) is 4.22. The van der Waals surface area contributed by atoms with E-state index in [1.54, 1.807) is 19.1 Å². The summed E-state index contributed by atoms with van der Waals surface area (Å²) in [7, 11) is 0. The maximum absolute atomic E-state index is 12.5. The molecule has 1 N–H and O–H groups in total. The molecule has 26 heavy (non-hydrogen) atoms. The Hall–Kier alpha value is -2.66. The second kappa shape index (κ2) is 8.15. The first-order chi connectivity index (χ1) is 12.6. The summed E-state index contributed by atoms with van der Waals surface area (Å²) in [5, 5.41) is 0.419. The molecular weight excluding hydrogens is 352 g/mol. The van der Waals surface area contributed by atoms with Gasteiger partial charge in [-0.15, -0.1) is 0 Å². The standard InChI is InChI=1S/C20H19ClN2O3/c1-2-26-19(25)12-17(24)15-10-14(21)11-16-20(15)23-18(22-16)9-8-13-6-4-3-5-7-13/h3-7,10-11H,2,8-9,12H2,1H3,(H,22,23). The molecule has 0 aliphatic carbocycles. The number of rotatable bonds is 7. The van der Waals surface area contributed by atoms with Gasteiger partial charge in [0.1, 0.15) is 12.2 Å². The van der Waals surface area contributed by atoms with E-state index < -0.39 is 5.97 Å². The van der Waals surface area contributed by atoms with Crippen molar-refractivity contribution < 1.29 is 14.3 Å². The molecule has 0 saturated heterocycles. The van der Waals surface area contributed by atoms with E-state index in [1.807, 2.05) is 18.2 Å². The second-order valence-corrected chi connectivity index (χ2v) is 6.36. The van der Waals surface area contributed by atoms with Crippen molar-refractivity contribution in [3.63, 3.8) is 0 Å². The zero-order valence-corrected chi connectivity index (χ0v) is 15.2. The molecule has 0 saturated carbocycles. The molecule has 5 nitrogen and oxygen atoms in total. The molecule has 0 aliphatic rings. The van der Waals surface area contributed by atoms with Gasteiger partial charge in [0.25, 0.3) is 0 Å². The average Bonchev–Trinajstić information content (AvgIpc) is 3.03. The van der Waals surface area contributed by atoms with Crippen LogP contribution >= 0.6 is 11.6 Å². The fourth-order valence-electron chi connectivity index (χ4n) is 2.81. The number of nitrogens with one attached hydrogen (secondary N) is 1. The molecule has 0 atom stereocenters. The van der Waals surface area contributed by atoms with Crippen LogP contribution in [-0.2, 0) is 22.4 Å². The van der Waals surface area contributed by atoms with Crippen LogP contribution in [0.4, 0.5) is 0 Å². The minimum absolute atomic E-state index is 0.239. The number of esters is 1. The molecule has 0 aliphatic heterocycles. The topological polar surface area (TPSA) is 72.1 Å². The van der Waals surface area contributed by atoms with Gasteiger partial charge in [0.05, 0.1) is 17.6 Å². The molecule has 0 amide bonds. The summed E-state index contributed by atoms with van der Waals surface area (Å²) in [6.45, 7) is 1.94. The van der Waals surface area contributed by atoms with E-state index in [9.17, 15) is 9.59 Å². The van der Waals surface area contributed by atoms with Crippen LogP contribution in [0.2, 0.25) is 5.02 Å². The number of ketones is 1. The van der Waals surface area contributed by atoms with Gasteiger partial charge in [-0.3, -0.25) is 9.59 Å². The van der Waals surface area contributed by atoms with Gasteiger partial charge >= 0.3 is 5.97 Å². The number of hydrogen-bond donors (Lipinski definition) is 1. The van der Waals surface area contributed by atoms with Gasteiger partial charge in [-0.05, 0) is 31.0 Å². The predicted molar refractivity (Wildman–Crippen MR) is 101 cm³/mol. The summed E-state index contributed by atoms with van der Waals surface area (Å²) < 4.78 is 4.85. The molecule has 134 valence electrons. The number of benzene rings is 2. The molecule has 3 rings (SSSR count). The van der Waals surface area contributed by atoms with E-state index in [4.69, 9.17) is 16.3 Å². The Bertz CT molecular complexity index is 935. The number of Topliss-reactive ketones (excluding diaryl/α,β-unsaturated/α-hetero) is 1. The Morgan fingerprint density at radius 2 is 1.92 bits per heavy atom. The molecule has 1 heterocycles. The molecule has 1 aromatic heterocycles. The third-order valence-electron chi connectivity index (χ3n) is 4.00. The van der Waals surface area contributed by atoms with Gasteiger partial charge in [-0.25, -0.2) is 4.98 Å². The molecule has 0 unspecified atom stereocenters. The van der Waals surface area contributed by atoms with E-state index >= 15 is 0 Å². The van der Waals surface area contributed by atoms with E-state index in [0.29, 0.717) is 28.0 Å². The number of hydrogen-bond acceptors (Lipinski definition) is 4. The molecule has 2 aromatic carbocycles. The summed E-state index contributed by atoms with van der Waals surface area (Å²) in [5.74, 6) is -0.126. The lowest BCUT2D eigenvalue weighted by atomic mass is 10.1. The highest BCUT2D eigenvalue weighted by Gasteiger charge is 2.18. The van der Waals surface area contributed by atoms with Gasteiger partial charge in [-0.2, -0.15) is 0 Å². The van der Waals surface area contributed by atoms with Crippen molar-refractivity contribution in [2.24, 2.45) is 0 Å². The number of nitrogens with zero attached hydrogens (tertiary/aromatic N) is 1. The van der Waals surface area contributed by atoms with Gasteiger partial charge < -0.3 is 9.72 Å². The maximum atomic E-state index is 12.5. The van der Waals surface area contributed by atoms with Crippen LogP contribution in [-0.4, -0.2) is 28.3 Å². The third kappa shape index (κ3) is 4.29. The number of carbonyl (C=O) groups is 2. The Morgan fingerprint density at radius 3 is 2.65 bits per heavy atom. The normalized spacial score (nSPS) is 10.8. The van der Waals surface area contributed by atoms with E-state index in [-0.39, 0.29) is 18.8 Å². The summed E-state index contributed by atoms with van der Waals surface area (Å²) >= 11 is 6.13. The number of aromatic nitrogens is 2. The van der Waals surface area contributed by atoms with Crippen molar-refractivity contribution in [3.8, 4) is 0 Å². The van der Waals surface area contributed by atoms with Crippen LogP contribution in [0.25, 0.3) is 11.0 Å². The molecule has 0 radical (unpaired) electrons. The number of halogens is 1. The lowest BCUT2D eigenvalue weighted by molar-refractivity contribution is -0.141. The van der Waals surface area contributed by atoms with Crippen LogP contribution < -0.4 is 0 Å². The number of fused-ring (bicyclic) bond motifs is 1. The van der Waals surface area contributed by atoms with E-state index in [2.05, 4.69) is 22.1 Å². The largest absolute Gasteiger partial charge is 0.466 e. The summed E-state index contributed by atoms with van der Waals surface area (Å²) in [4.78, 5) is 31.9. The van der Waals surface area contributed by atoms with Crippen LogP contribution in [0.3, 0.4) is 0 Å². The first-order valence-corrected chi connectivity index (χ1v) is 8.85. The fraction of sp³-hybridized carbons (Fsp3) is 0.250. The minimum atomic E-state index is -0.550. The zero-order valence-electron chi connectivity index (χ0n) is 14.4. The lowest BCUT2D eigenvalue weighted by Gasteiger charge is -2.03. The first-order valence-electron chi connectivity index (χ1n) is 8.47. The van der Waals surface area contributed by atoms with Crippen molar-refractivity contribution in [1.29, 1.82) is 0 Å². The van der Waals surface area contributed by atoms with Crippen molar-refractivity contribution >= 4 is 34.4 Å². The van der Waals surface area contributed by atoms with E-state index in [1.165, 1.54) is 5.56 Å². The number of imidazole rings is 1. The molecule has 0 spiro atoms. The fourth-order valence-corrected chi connectivity index (χ4v) is 3.03. The summed E-state index contributed by atoms with van der Waals surface area (Å²) in [6, 6.07) is 13.4. The minimum Gasteiger partial charge on any atom is -0.466 e. The maximum Gasteiger partial charge on any atom is 0.313 e. The van der Waals surface area contributed by atoms with Gasteiger partial charge in [0.2, 0.25) is 0 Å². The summed E-state index contributed by atoms with van der Waals surface area (Å²) in [6.07, 6.45) is 1.22. The highest BCUT2D eigenvalue weighted by atomic mass is 35.5. The first kappa shape index (κ1) is 18.1. The lowest BCUT2D eigenvalue weighted by Crippen LogP contribution is -2.11. The molecule has 6 heteroatoms. The van der Waals surface area contributed by atoms with Crippen LogP contribution in [0.1, 0.15) is 35.1 Å². The quantitative estimate of drug-likeness (QED) is 0.385. The Labute approximate surface area is 156 Å². The number of ether oxygens (including phenoxy) is 1. The number of aryl methyl sites for hydroxylation is 2. The number of aromatic amines is 1. The highest BCUT2D eigenvalue weighted by molar-refractivity contribution is 6.32. The van der Waals surface area contributed by atoms with E-state index in [0.717, 1.165) is 12.2 Å². The van der Waals surface area contributed by atoms with Crippen molar-refractivity contribution in [1.82, 2.24) is 9.97 Å². The zero-order chi connectivity index (χ0) is 18.5. The Kier molecular flexibility index (Phi) is 5.68. The molecule has 0 fully saturated rings. The van der Waals surface area contributed by atoms with Crippen molar-refractivity contribution in [2.45, 2.75) is 26.2 Å². The molecule has 3 aromatic rings. The molecular formula is C20H19ClN2O3. The van der Waals surface area contributed by atoms with Crippen LogP contribution in [0.5, 0.6) is 0 Å². The van der Waals surface area contributed by atoms with Gasteiger partial charge in [0, 0.05) is 17.0 Å². The van der Waals surface area contributed by atoms with Gasteiger partial charge in [-0.1, -0.05) is 41.9 Å². The number of carbonyl (C=O) groups excluding carboxylic acids is 2. The smallest absolute Gasteiger partial charge is 0.313 e. The Balaban J connectivity index is 1.84. The SMILES string of the molecule is CCOC(=O)CC(=O)c1cc(Cl)cc2[nH]c(CCc3ccccc3)nc12.